The Bertz CT molecular complexity index is 805. The van der Waals surface area contributed by atoms with Crippen LogP contribution in [0.25, 0.3) is 6.08 Å². The topological polar surface area (TPSA) is 60.1 Å². The van der Waals surface area contributed by atoms with Crippen molar-refractivity contribution in [1.29, 1.82) is 0 Å². The predicted molar refractivity (Wildman–Crippen MR) is 91.8 cm³/mol. The monoisotopic (exact) mass is 371 g/mol. The first kappa shape index (κ1) is 15.3. The molecule has 0 spiro atoms. The van der Waals surface area contributed by atoms with Gasteiger partial charge < -0.3 is 9.73 Å². The van der Waals surface area contributed by atoms with Gasteiger partial charge in [-0.1, -0.05) is 28.1 Å². The second kappa shape index (κ2) is 7.11. The Morgan fingerprint density at radius 1 is 1.26 bits per heavy atom. The van der Waals surface area contributed by atoms with E-state index in [9.17, 15) is 4.79 Å². The molecule has 116 valence electrons. The molecule has 3 rings (SSSR count). The fourth-order valence-corrected chi connectivity index (χ4v) is 2.30. The lowest BCUT2D eigenvalue weighted by atomic mass is 10.2. The average molecular weight is 372 g/mol. The van der Waals surface area contributed by atoms with Crippen LogP contribution in [0.3, 0.4) is 0 Å². The molecule has 3 aromatic rings. The second-order valence-corrected chi connectivity index (χ2v) is 5.75. The standard InChI is InChI=1S/C17H14BrN3O2/c18-14-5-3-13(4-6-14)12-21-16(9-10-19-21)20-17(22)8-7-15-2-1-11-23-15/h1-11H,12H2,(H,20,22)/b8-7+. The normalized spacial score (nSPS) is 11.0. The fraction of sp³-hybridized carbons (Fsp3) is 0.0588. The molecule has 0 fully saturated rings. The number of aromatic nitrogens is 2. The number of furan rings is 1. The van der Waals surface area contributed by atoms with Crippen molar-refractivity contribution in [2.75, 3.05) is 5.32 Å². The van der Waals surface area contributed by atoms with Gasteiger partial charge in [0.15, 0.2) is 0 Å². The van der Waals surface area contributed by atoms with Gasteiger partial charge in [0.25, 0.3) is 0 Å². The van der Waals surface area contributed by atoms with Crippen molar-refractivity contribution in [2.24, 2.45) is 0 Å². The summed E-state index contributed by atoms with van der Waals surface area (Å²) >= 11 is 3.41. The maximum absolute atomic E-state index is 12.0. The maximum atomic E-state index is 12.0. The van der Waals surface area contributed by atoms with Gasteiger partial charge >= 0.3 is 0 Å². The third-order valence-electron chi connectivity index (χ3n) is 3.16. The minimum absolute atomic E-state index is 0.237. The summed E-state index contributed by atoms with van der Waals surface area (Å²) in [5, 5.41) is 7.05. The van der Waals surface area contributed by atoms with E-state index in [1.165, 1.54) is 6.08 Å². The van der Waals surface area contributed by atoms with Crippen LogP contribution in [0.4, 0.5) is 5.82 Å². The molecule has 0 unspecified atom stereocenters. The van der Waals surface area contributed by atoms with Crippen LogP contribution in [0.2, 0.25) is 0 Å². The van der Waals surface area contributed by atoms with Crippen molar-refractivity contribution in [2.45, 2.75) is 6.54 Å². The predicted octanol–water partition coefficient (Wildman–Crippen LogP) is 3.94. The highest BCUT2D eigenvalue weighted by atomic mass is 79.9. The van der Waals surface area contributed by atoms with Gasteiger partial charge in [-0.2, -0.15) is 5.10 Å². The summed E-state index contributed by atoms with van der Waals surface area (Å²) in [5.74, 6) is 1.03. The zero-order valence-corrected chi connectivity index (χ0v) is 13.7. The van der Waals surface area contributed by atoms with Gasteiger partial charge in [-0.25, -0.2) is 4.68 Å². The SMILES string of the molecule is O=C(/C=C/c1ccco1)Nc1ccnn1Cc1ccc(Br)cc1. The Hall–Kier alpha value is -2.60. The van der Waals surface area contributed by atoms with E-state index in [0.717, 1.165) is 10.0 Å². The minimum atomic E-state index is -0.237. The largest absolute Gasteiger partial charge is 0.465 e. The van der Waals surface area contributed by atoms with E-state index >= 15 is 0 Å². The van der Waals surface area contributed by atoms with E-state index in [2.05, 4.69) is 26.3 Å². The molecule has 1 amide bonds. The number of carbonyl (C=O) groups excluding carboxylic acids is 1. The molecule has 6 heteroatoms. The van der Waals surface area contributed by atoms with E-state index < -0.39 is 0 Å². The fourth-order valence-electron chi connectivity index (χ4n) is 2.04. The Balaban J connectivity index is 1.66. The molecule has 0 atom stereocenters. The first-order valence-electron chi connectivity index (χ1n) is 6.99. The Morgan fingerprint density at radius 2 is 2.09 bits per heavy atom. The van der Waals surface area contributed by atoms with Gasteiger partial charge in [0, 0.05) is 16.6 Å². The molecule has 0 radical (unpaired) electrons. The first-order valence-corrected chi connectivity index (χ1v) is 7.79. The van der Waals surface area contributed by atoms with E-state index in [4.69, 9.17) is 4.42 Å². The molecule has 0 aliphatic carbocycles. The molecule has 1 N–H and O–H groups in total. The van der Waals surface area contributed by atoms with Gasteiger partial charge in [0.1, 0.15) is 11.6 Å². The van der Waals surface area contributed by atoms with Gasteiger partial charge in [0.2, 0.25) is 5.91 Å². The number of hydrogen-bond acceptors (Lipinski definition) is 3. The summed E-state index contributed by atoms with van der Waals surface area (Å²) in [6.07, 6.45) is 6.26. The number of anilines is 1. The highest BCUT2D eigenvalue weighted by Crippen LogP contribution is 2.14. The van der Waals surface area contributed by atoms with Gasteiger partial charge in [-0.15, -0.1) is 0 Å². The third kappa shape index (κ3) is 4.20. The van der Waals surface area contributed by atoms with Crippen LogP contribution in [-0.2, 0) is 11.3 Å². The lowest BCUT2D eigenvalue weighted by Gasteiger charge is -2.08. The summed E-state index contributed by atoms with van der Waals surface area (Å²) in [5.41, 5.74) is 1.10. The van der Waals surface area contributed by atoms with Crippen molar-refractivity contribution in [3.05, 3.63) is 76.8 Å². The molecule has 0 aliphatic rings. The summed E-state index contributed by atoms with van der Waals surface area (Å²) < 4.78 is 7.91. The van der Waals surface area contributed by atoms with E-state index in [1.54, 1.807) is 41.4 Å². The molecule has 1 aromatic carbocycles. The van der Waals surface area contributed by atoms with Crippen molar-refractivity contribution in [3.63, 3.8) is 0 Å². The Kier molecular flexibility index (Phi) is 4.73. The Morgan fingerprint density at radius 3 is 2.83 bits per heavy atom. The number of nitrogens with one attached hydrogen (secondary N) is 1. The van der Waals surface area contributed by atoms with Crippen molar-refractivity contribution in [3.8, 4) is 0 Å². The van der Waals surface area contributed by atoms with Crippen LogP contribution < -0.4 is 5.32 Å². The number of hydrogen-bond donors (Lipinski definition) is 1. The molecule has 0 saturated heterocycles. The molecule has 23 heavy (non-hydrogen) atoms. The maximum Gasteiger partial charge on any atom is 0.249 e. The minimum Gasteiger partial charge on any atom is -0.465 e. The van der Waals surface area contributed by atoms with Gasteiger partial charge in [-0.3, -0.25) is 4.79 Å². The van der Waals surface area contributed by atoms with Crippen molar-refractivity contribution < 1.29 is 9.21 Å². The lowest BCUT2D eigenvalue weighted by molar-refractivity contribution is -0.111. The Labute approximate surface area is 141 Å². The molecule has 2 heterocycles. The summed E-state index contributed by atoms with van der Waals surface area (Å²) in [6.45, 7) is 0.581. The smallest absolute Gasteiger partial charge is 0.249 e. The van der Waals surface area contributed by atoms with Crippen LogP contribution in [-0.4, -0.2) is 15.7 Å². The average Bonchev–Trinajstić information content (AvgIpc) is 3.20. The number of nitrogens with zero attached hydrogens (tertiary/aromatic N) is 2. The number of amides is 1. The first-order chi connectivity index (χ1) is 11.2. The zero-order valence-electron chi connectivity index (χ0n) is 12.1. The lowest BCUT2D eigenvalue weighted by Crippen LogP contribution is -2.13. The third-order valence-corrected chi connectivity index (χ3v) is 3.68. The second-order valence-electron chi connectivity index (χ2n) is 4.84. The molecule has 2 aromatic heterocycles. The molecule has 0 bridgehead atoms. The van der Waals surface area contributed by atoms with Crippen LogP contribution in [0.5, 0.6) is 0 Å². The van der Waals surface area contributed by atoms with Crippen LogP contribution in [0, 0.1) is 0 Å². The molecule has 0 saturated carbocycles. The summed E-state index contributed by atoms with van der Waals surface area (Å²) in [4.78, 5) is 12.0. The van der Waals surface area contributed by atoms with E-state index in [-0.39, 0.29) is 5.91 Å². The van der Waals surface area contributed by atoms with Gasteiger partial charge in [0.05, 0.1) is 19.0 Å². The van der Waals surface area contributed by atoms with Gasteiger partial charge in [-0.05, 0) is 35.9 Å². The summed E-state index contributed by atoms with van der Waals surface area (Å²) in [6, 6.07) is 13.3. The molecular weight excluding hydrogens is 358 g/mol. The molecular formula is C17H14BrN3O2. The highest BCUT2D eigenvalue weighted by molar-refractivity contribution is 9.10. The van der Waals surface area contributed by atoms with Crippen LogP contribution in [0.15, 0.2) is 69.9 Å². The number of halogens is 1. The van der Waals surface area contributed by atoms with Crippen molar-refractivity contribution >= 4 is 33.7 Å². The number of carbonyl (C=O) groups is 1. The highest BCUT2D eigenvalue weighted by Gasteiger charge is 2.06. The quantitative estimate of drug-likeness (QED) is 0.691. The van der Waals surface area contributed by atoms with Crippen molar-refractivity contribution in [1.82, 2.24) is 9.78 Å². The van der Waals surface area contributed by atoms with Crippen LogP contribution >= 0.6 is 15.9 Å². The van der Waals surface area contributed by atoms with E-state index in [0.29, 0.717) is 18.1 Å². The zero-order chi connectivity index (χ0) is 16.1. The molecule has 0 aliphatic heterocycles. The molecule has 5 nitrogen and oxygen atoms in total. The number of rotatable bonds is 5. The number of benzene rings is 1. The van der Waals surface area contributed by atoms with Crippen LogP contribution in [0.1, 0.15) is 11.3 Å². The summed E-state index contributed by atoms with van der Waals surface area (Å²) in [7, 11) is 0. The van der Waals surface area contributed by atoms with E-state index in [1.807, 2.05) is 24.3 Å².